The number of nitrogens with zero attached hydrogens (tertiary/aromatic N) is 1. The Labute approximate surface area is 202 Å². The predicted molar refractivity (Wildman–Crippen MR) is 132 cm³/mol. The van der Waals surface area contributed by atoms with Gasteiger partial charge in [-0.1, -0.05) is 82.0 Å². The Balaban J connectivity index is 2.27. The van der Waals surface area contributed by atoms with Crippen LogP contribution in [0.2, 0.25) is 0 Å². The molecule has 0 aromatic heterocycles. The first-order valence-electron chi connectivity index (χ1n) is 12.3. The van der Waals surface area contributed by atoms with Crippen LogP contribution in [0.4, 0.5) is 0 Å². The lowest BCUT2D eigenvalue weighted by Crippen LogP contribution is -2.55. The topological polar surface area (TPSA) is 125 Å². The largest absolute Gasteiger partial charge is 0.320 e. The molecule has 8 heteroatoms. The van der Waals surface area contributed by atoms with Gasteiger partial charge < -0.3 is 5.73 Å². The Morgan fingerprint density at radius 1 is 1.09 bits per heavy atom. The van der Waals surface area contributed by atoms with Gasteiger partial charge in [-0.05, 0) is 37.2 Å². The average Bonchev–Trinajstić information content (AvgIpc) is 3.33. The molecule has 0 radical (unpaired) electrons. The number of rotatable bonds is 11. The molecular formula is C26H40N4O4. The lowest BCUT2D eigenvalue weighted by atomic mass is 9.80. The minimum absolute atomic E-state index is 0.113. The minimum Gasteiger partial charge on any atom is -0.320 e. The monoisotopic (exact) mass is 472 g/mol. The van der Waals surface area contributed by atoms with Gasteiger partial charge in [-0.2, -0.15) is 0 Å². The number of carbonyl (C=O) groups is 3. The summed E-state index contributed by atoms with van der Waals surface area (Å²) in [6, 6.07) is 8.90. The van der Waals surface area contributed by atoms with E-state index >= 15 is 0 Å². The molecule has 8 nitrogen and oxygen atoms in total. The quantitative estimate of drug-likeness (QED) is 0.291. The molecule has 0 bridgehead atoms. The highest BCUT2D eigenvalue weighted by Crippen LogP contribution is 2.34. The van der Waals surface area contributed by atoms with E-state index in [9.17, 15) is 19.6 Å². The Morgan fingerprint density at radius 2 is 1.74 bits per heavy atom. The SMILES string of the molecule is CC(C)CN(NC(=O)[C@H](CC1CCCC1)[C@H](C/C=C/c1ccccc1)C(=O)NO)C(=O)[C@@H](C)N. The maximum Gasteiger partial charge on any atom is 0.257 e. The van der Waals surface area contributed by atoms with Crippen LogP contribution in [-0.4, -0.2) is 40.5 Å². The van der Waals surface area contributed by atoms with E-state index in [0.717, 1.165) is 31.2 Å². The van der Waals surface area contributed by atoms with Crippen molar-refractivity contribution in [3.63, 3.8) is 0 Å². The molecule has 1 aliphatic carbocycles. The van der Waals surface area contributed by atoms with Crippen molar-refractivity contribution < 1.29 is 19.6 Å². The maximum absolute atomic E-state index is 13.5. The number of hydrogen-bond acceptors (Lipinski definition) is 5. The van der Waals surface area contributed by atoms with E-state index in [1.54, 1.807) is 12.4 Å². The average molecular weight is 473 g/mol. The standard InChI is InChI=1S/C26H40N4O4/c1-18(2)17-30(26(33)19(3)27)28-24(31)23(16-21-12-7-8-13-21)22(25(32)29-34)15-9-14-20-10-5-4-6-11-20/h4-6,9-11,14,18-19,21-23,34H,7-8,12-13,15-17,27H2,1-3H3,(H,28,31)(H,29,32)/b14-9+/t19-,22+,23-/m1/s1. The number of hydroxylamine groups is 1. The molecule has 1 aliphatic rings. The van der Waals surface area contributed by atoms with Crippen molar-refractivity contribution in [1.82, 2.24) is 15.9 Å². The molecule has 0 saturated heterocycles. The van der Waals surface area contributed by atoms with Crippen LogP contribution < -0.4 is 16.6 Å². The van der Waals surface area contributed by atoms with Crippen LogP contribution in [0.3, 0.4) is 0 Å². The highest BCUT2D eigenvalue weighted by molar-refractivity contribution is 5.89. The maximum atomic E-state index is 13.5. The van der Waals surface area contributed by atoms with Gasteiger partial charge in [0, 0.05) is 6.54 Å². The summed E-state index contributed by atoms with van der Waals surface area (Å²) >= 11 is 0. The number of nitrogens with two attached hydrogens (primary N) is 1. The zero-order valence-corrected chi connectivity index (χ0v) is 20.6. The lowest BCUT2D eigenvalue weighted by Gasteiger charge is -2.31. The van der Waals surface area contributed by atoms with Crippen LogP contribution in [0.5, 0.6) is 0 Å². The second-order valence-electron chi connectivity index (χ2n) is 9.73. The summed E-state index contributed by atoms with van der Waals surface area (Å²) in [6.07, 6.45) is 8.76. The fourth-order valence-corrected chi connectivity index (χ4v) is 4.53. The molecule has 1 aromatic rings. The number of allylic oxidation sites excluding steroid dienone is 1. The van der Waals surface area contributed by atoms with Gasteiger partial charge in [0.05, 0.1) is 17.9 Å². The van der Waals surface area contributed by atoms with E-state index in [-0.39, 0.29) is 18.2 Å². The molecule has 0 spiro atoms. The first-order valence-corrected chi connectivity index (χ1v) is 12.3. The fourth-order valence-electron chi connectivity index (χ4n) is 4.53. The molecule has 1 fully saturated rings. The van der Waals surface area contributed by atoms with Crippen molar-refractivity contribution in [1.29, 1.82) is 0 Å². The lowest BCUT2D eigenvalue weighted by molar-refractivity contribution is -0.148. The predicted octanol–water partition coefficient (Wildman–Crippen LogP) is 3.27. The van der Waals surface area contributed by atoms with Gasteiger partial charge in [-0.25, -0.2) is 5.48 Å². The van der Waals surface area contributed by atoms with Gasteiger partial charge >= 0.3 is 0 Å². The molecule has 3 amide bonds. The second kappa shape index (κ2) is 13.9. The molecule has 5 N–H and O–H groups in total. The minimum atomic E-state index is -0.781. The fraction of sp³-hybridized carbons (Fsp3) is 0.577. The number of carbonyl (C=O) groups excluding carboxylic acids is 3. The van der Waals surface area contributed by atoms with E-state index in [2.05, 4.69) is 5.43 Å². The normalized spacial score (nSPS) is 16.9. The number of benzene rings is 1. The van der Waals surface area contributed by atoms with Crippen LogP contribution in [0.15, 0.2) is 36.4 Å². The molecule has 0 unspecified atom stereocenters. The molecule has 2 rings (SSSR count). The van der Waals surface area contributed by atoms with Crippen LogP contribution in [0, 0.1) is 23.7 Å². The molecule has 1 aromatic carbocycles. The van der Waals surface area contributed by atoms with Crippen molar-refractivity contribution >= 4 is 23.8 Å². The van der Waals surface area contributed by atoms with Crippen molar-refractivity contribution in [2.24, 2.45) is 29.4 Å². The van der Waals surface area contributed by atoms with E-state index in [4.69, 9.17) is 5.73 Å². The van der Waals surface area contributed by atoms with Crippen LogP contribution in [0.1, 0.15) is 64.9 Å². The third-order valence-corrected chi connectivity index (χ3v) is 6.28. The molecule has 34 heavy (non-hydrogen) atoms. The van der Waals surface area contributed by atoms with E-state index in [1.807, 2.05) is 56.3 Å². The molecule has 188 valence electrons. The van der Waals surface area contributed by atoms with Crippen molar-refractivity contribution in [2.45, 2.75) is 65.3 Å². The van der Waals surface area contributed by atoms with Gasteiger partial charge in [0.2, 0.25) is 11.8 Å². The molecule has 3 atom stereocenters. The van der Waals surface area contributed by atoms with Crippen molar-refractivity contribution in [3.8, 4) is 0 Å². The Hall–Kier alpha value is -2.71. The van der Waals surface area contributed by atoms with Gasteiger partial charge in [0.1, 0.15) is 0 Å². The van der Waals surface area contributed by atoms with Crippen molar-refractivity contribution in [2.75, 3.05) is 6.54 Å². The summed E-state index contributed by atoms with van der Waals surface area (Å²) in [5.74, 6) is -2.43. The number of hydrazine groups is 1. The number of nitrogens with one attached hydrogen (secondary N) is 2. The zero-order valence-electron chi connectivity index (χ0n) is 20.6. The van der Waals surface area contributed by atoms with Crippen LogP contribution in [-0.2, 0) is 14.4 Å². The first-order chi connectivity index (χ1) is 16.2. The molecule has 0 heterocycles. The third-order valence-electron chi connectivity index (χ3n) is 6.28. The smallest absolute Gasteiger partial charge is 0.257 e. The highest BCUT2D eigenvalue weighted by Gasteiger charge is 2.37. The zero-order chi connectivity index (χ0) is 25.1. The van der Waals surface area contributed by atoms with Crippen LogP contribution >= 0.6 is 0 Å². The Bertz CT molecular complexity index is 819. The molecular weight excluding hydrogens is 432 g/mol. The van der Waals surface area contributed by atoms with Gasteiger partial charge in [0.15, 0.2) is 0 Å². The summed E-state index contributed by atoms with van der Waals surface area (Å²) in [5, 5.41) is 10.7. The van der Waals surface area contributed by atoms with E-state index in [1.165, 1.54) is 5.01 Å². The summed E-state index contributed by atoms with van der Waals surface area (Å²) in [6.45, 7) is 5.78. The Kier molecular flexibility index (Phi) is 11.2. The summed E-state index contributed by atoms with van der Waals surface area (Å²) in [4.78, 5) is 38.8. The van der Waals surface area contributed by atoms with E-state index < -0.39 is 29.7 Å². The Morgan fingerprint density at radius 3 is 2.29 bits per heavy atom. The van der Waals surface area contributed by atoms with Gasteiger partial charge in [-0.3, -0.25) is 30.0 Å². The third kappa shape index (κ3) is 8.57. The summed E-state index contributed by atoms with van der Waals surface area (Å²) < 4.78 is 0. The summed E-state index contributed by atoms with van der Waals surface area (Å²) in [7, 11) is 0. The number of hydrogen-bond donors (Lipinski definition) is 4. The molecule has 1 saturated carbocycles. The van der Waals surface area contributed by atoms with E-state index in [0.29, 0.717) is 18.9 Å². The first kappa shape index (κ1) is 27.5. The highest BCUT2D eigenvalue weighted by atomic mass is 16.5. The van der Waals surface area contributed by atoms with Crippen molar-refractivity contribution in [3.05, 3.63) is 42.0 Å². The number of amides is 3. The second-order valence-corrected chi connectivity index (χ2v) is 9.73. The van der Waals surface area contributed by atoms with Gasteiger partial charge in [0.25, 0.3) is 5.91 Å². The summed E-state index contributed by atoms with van der Waals surface area (Å²) in [5.41, 5.74) is 11.3. The van der Waals surface area contributed by atoms with Gasteiger partial charge in [-0.15, -0.1) is 0 Å². The molecule has 0 aliphatic heterocycles. The van der Waals surface area contributed by atoms with Crippen LogP contribution in [0.25, 0.3) is 6.08 Å².